The molecule has 140 valence electrons. The molecular weight excluding hydrogens is 336 g/mol. The van der Waals surface area contributed by atoms with Crippen molar-refractivity contribution in [1.29, 1.82) is 0 Å². The molecule has 0 aliphatic carbocycles. The van der Waals surface area contributed by atoms with Gasteiger partial charge in [-0.1, -0.05) is 13.8 Å². The molecule has 8 heteroatoms. The maximum Gasteiger partial charge on any atom is 0.387 e. The summed E-state index contributed by atoms with van der Waals surface area (Å²) in [7, 11) is 2.59. The summed E-state index contributed by atoms with van der Waals surface area (Å²) in [5.41, 5.74) is 0.168. The van der Waals surface area contributed by atoms with Gasteiger partial charge in [0.05, 0.1) is 20.6 Å². The molecule has 0 unspecified atom stereocenters. The van der Waals surface area contributed by atoms with E-state index < -0.39 is 12.6 Å². The smallest absolute Gasteiger partial charge is 0.387 e. The Morgan fingerprint density at radius 2 is 1.84 bits per heavy atom. The highest BCUT2D eigenvalue weighted by atomic mass is 19.3. The number of carbonyl (C=O) groups is 2. The minimum Gasteiger partial charge on any atom is -0.493 e. The third-order valence-corrected chi connectivity index (χ3v) is 3.31. The largest absolute Gasteiger partial charge is 0.493 e. The van der Waals surface area contributed by atoms with Crippen molar-refractivity contribution < 1.29 is 32.6 Å². The fourth-order valence-electron chi connectivity index (χ4n) is 2.23. The van der Waals surface area contributed by atoms with Crippen molar-refractivity contribution in [2.75, 3.05) is 27.3 Å². The molecule has 0 bridgehead atoms. The number of carbonyl (C=O) groups excluding carboxylic acids is 2. The highest BCUT2D eigenvalue weighted by molar-refractivity contribution is 5.95. The summed E-state index contributed by atoms with van der Waals surface area (Å²) in [5.74, 6) is -0.781. The van der Waals surface area contributed by atoms with Crippen LogP contribution in [-0.2, 0) is 9.53 Å². The molecule has 0 aliphatic heterocycles. The van der Waals surface area contributed by atoms with Gasteiger partial charge in [-0.2, -0.15) is 8.78 Å². The summed E-state index contributed by atoms with van der Waals surface area (Å²) in [4.78, 5) is 25.5. The van der Waals surface area contributed by atoms with E-state index in [4.69, 9.17) is 4.74 Å². The second-order valence-electron chi connectivity index (χ2n) is 5.72. The Labute approximate surface area is 145 Å². The van der Waals surface area contributed by atoms with Gasteiger partial charge < -0.3 is 19.1 Å². The average Bonchev–Trinajstić information content (AvgIpc) is 2.56. The Morgan fingerprint density at radius 3 is 2.36 bits per heavy atom. The van der Waals surface area contributed by atoms with E-state index in [0.29, 0.717) is 6.54 Å². The quantitative estimate of drug-likeness (QED) is 0.634. The van der Waals surface area contributed by atoms with Crippen LogP contribution in [0.5, 0.6) is 11.5 Å². The van der Waals surface area contributed by atoms with Crippen LogP contribution in [0.4, 0.5) is 8.78 Å². The first kappa shape index (κ1) is 20.7. The zero-order valence-electron chi connectivity index (χ0n) is 14.8. The number of methoxy groups -OCH3 is 2. The molecule has 1 aromatic rings. The lowest BCUT2D eigenvalue weighted by Crippen LogP contribution is -2.36. The molecule has 0 heterocycles. The topological polar surface area (TPSA) is 65.1 Å². The zero-order chi connectivity index (χ0) is 19.0. The molecule has 0 fully saturated rings. The number of hydrogen-bond donors (Lipinski definition) is 0. The van der Waals surface area contributed by atoms with Crippen LogP contribution in [0.2, 0.25) is 0 Å². The molecule has 25 heavy (non-hydrogen) atoms. The van der Waals surface area contributed by atoms with Crippen LogP contribution in [-0.4, -0.2) is 50.7 Å². The Kier molecular flexibility index (Phi) is 8.10. The lowest BCUT2D eigenvalue weighted by atomic mass is 10.1. The average molecular weight is 359 g/mol. The number of halogens is 2. The number of amides is 1. The lowest BCUT2D eigenvalue weighted by Gasteiger charge is -2.24. The number of hydrogen-bond acceptors (Lipinski definition) is 5. The molecule has 6 nitrogen and oxygen atoms in total. The number of esters is 1. The molecule has 0 spiro atoms. The maximum absolute atomic E-state index is 12.7. The third kappa shape index (κ3) is 6.56. The second-order valence-corrected chi connectivity index (χ2v) is 5.72. The van der Waals surface area contributed by atoms with E-state index in [2.05, 4.69) is 9.47 Å². The van der Waals surface area contributed by atoms with E-state index in [1.54, 1.807) is 0 Å². The zero-order valence-corrected chi connectivity index (χ0v) is 14.8. The molecule has 0 aliphatic rings. The standard InChI is InChI=1S/C17H23F2NO5/c1-11(2)10-20(8-7-15(21)24-4)16(22)12-5-6-13(23-3)14(9-12)25-17(18)19/h5-6,9,11,17H,7-8,10H2,1-4H3. The predicted octanol–water partition coefficient (Wildman–Crippen LogP) is 2.96. The summed E-state index contributed by atoms with van der Waals surface area (Å²) in [6.45, 7) is 1.40. The summed E-state index contributed by atoms with van der Waals surface area (Å²) in [6, 6.07) is 4.06. The Balaban J connectivity index is 3.03. The first-order chi connectivity index (χ1) is 11.8. The summed E-state index contributed by atoms with van der Waals surface area (Å²) in [6.07, 6.45) is 0.0471. The predicted molar refractivity (Wildman–Crippen MR) is 87.0 cm³/mol. The molecule has 1 amide bonds. The lowest BCUT2D eigenvalue weighted by molar-refractivity contribution is -0.140. The highest BCUT2D eigenvalue weighted by Crippen LogP contribution is 2.30. The monoisotopic (exact) mass is 359 g/mol. The van der Waals surface area contributed by atoms with Crippen LogP contribution in [0.25, 0.3) is 0 Å². The molecule has 0 saturated carbocycles. The fraction of sp³-hybridized carbons (Fsp3) is 0.529. The fourth-order valence-corrected chi connectivity index (χ4v) is 2.23. The second kappa shape index (κ2) is 9.80. The van der Waals surface area contributed by atoms with Crippen molar-refractivity contribution in [3.05, 3.63) is 23.8 Å². The van der Waals surface area contributed by atoms with Gasteiger partial charge in [-0.3, -0.25) is 9.59 Å². The molecule has 0 radical (unpaired) electrons. The van der Waals surface area contributed by atoms with Crippen LogP contribution < -0.4 is 9.47 Å². The Morgan fingerprint density at radius 1 is 1.16 bits per heavy atom. The van der Waals surface area contributed by atoms with Gasteiger partial charge in [0.2, 0.25) is 0 Å². The van der Waals surface area contributed by atoms with E-state index >= 15 is 0 Å². The number of alkyl halides is 2. The number of rotatable bonds is 9. The molecular formula is C17H23F2NO5. The minimum absolute atomic E-state index is 0.0471. The maximum atomic E-state index is 12.7. The normalized spacial score (nSPS) is 10.7. The van der Waals surface area contributed by atoms with Crippen molar-refractivity contribution in [2.45, 2.75) is 26.9 Å². The SMILES string of the molecule is COC(=O)CCN(CC(C)C)C(=O)c1ccc(OC)c(OC(F)F)c1. The number of ether oxygens (including phenoxy) is 3. The molecule has 0 N–H and O–H groups in total. The molecule has 0 saturated heterocycles. The van der Waals surface area contributed by atoms with Gasteiger partial charge in [0.1, 0.15) is 0 Å². The van der Waals surface area contributed by atoms with Gasteiger partial charge in [-0.25, -0.2) is 0 Å². The van der Waals surface area contributed by atoms with Gasteiger partial charge in [-0.05, 0) is 24.1 Å². The number of nitrogens with zero attached hydrogens (tertiary/aromatic N) is 1. The Hall–Kier alpha value is -2.38. The van der Waals surface area contributed by atoms with Crippen molar-refractivity contribution in [3.8, 4) is 11.5 Å². The summed E-state index contributed by atoms with van der Waals surface area (Å²) >= 11 is 0. The molecule has 1 rings (SSSR count). The van der Waals surface area contributed by atoms with Crippen molar-refractivity contribution in [2.24, 2.45) is 5.92 Å². The van der Waals surface area contributed by atoms with Gasteiger partial charge >= 0.3 is 12.6 Å². The van der Waals surface area contributed by atoms with Crippen LogP contribution in [0.15, 0.2) is 18.2 Å². The van der Waals surface area contributed by atoms with Gasteiger partial charge in [0.15, 0.2) is 11.5 Å². The summed E-state index contributed by atoms with van der Waals surface area (Å²) in [5, 5.41) is 0. The van der Waals surface area contributed by atoms with Gasteiger partial charge in [0, 0.05) is 18.7 Å². The molecule has 0 aromatic heterocycles. The third-order valence-electron chi connectivity index (χ3n) is 3.31. The molecule has 0 atom stereocenters. The van der Waals surface area contributed by atoms with E-state index in [9.17, 15) is 18.4 Å². The first-order valence-electron chi connectivity index (χ1n) is 7.77. The van der Waals surface area contributed by atoms with E-state index in [1.165, 1.54) is 37.3 Å². The Bertz CT molecular complexity index is 592. The first-order valence-corrected chi connectivity index (χ1v) is 7.77. The van der Waals surface area contributed by atoms with Crippen LogP contribution >= 0.6 is 0 Å². The van der Waals surface area contributed by atoms with Crippen molar-refractivity contribution >= 4 is 11.9 Å². The van der Waals surface area contributed by atoms with Crippen LogP contribution in [0.3, 0.4) is 0 Å². The van der Waals surface area contributed by atoms with E-state index in [1.807, 2.05) is 13.8 Å². The number of benzene rings is 1. The van der Waals surface area contributed by atoms with E-state index in [-0.39, 0.29) is 41.9 Å². The van der Waals surface area contributed by atoms with Crippen LogP contribution in [0, 0.1) is 5.92 Å². The van der Waals surface area contributed by atoms with Crippen LogP contribution in [0.1, 0.15) is 30.6 Å². The van der Waals surface area contributed by atoms with Gasteiger partial charge in [-0.15, -0.1) is 0 Å². The van der Waals surface area contributed by atoms with Crippen molar-refractivity contribution in [3.63, 3.8) is 0 Å². The van der Waals surface area contributed by atoms with E-state index in [0.717, 1.165) is 0 Å². The van der Waals surface area contributed by atoms with Gasteiger partial charge in [0.25, 0.3) is 5.91 Å². The minimum atomic E-state index is -3.04. The van der Waals surface area contributed by atoms with Crippen molar-refractivity contribution in [1.82, 2.24) is 4.90 Å². The molecule has 1 aromatic carbocycles. The summed E-state index contributed by atoms with van der Waals surface area (Å²) < 4.78 is 39.0. The highest BCUT2D eigenvalue weighted by Gasteiger charge is 2.21.